The van der Waals surface area contributed by atoms with Gasteiger partial charge in [0.05, 0.1) is 30.0 Å². The maximum Gasteiger partial charge on any atom is 0.339 e. The molecule has 1 aliphatic rings. The van der Waals surface area contributed by atoms with Gasteiger partial charge in [0, 0.05) is 44.0 Å². The predicted molar refractivity (Wildman–Crippen MR) is 141 cm³/mol. The summed E-state index contributed by atoms with van der Waals surface area (Å²) < 4.78 is 12.5. The van der Waals surface area contributed by atoms with Crippen LogP contribution in [0, 0.1) is 0 Å². The number of benzene rings is 2. The van der Waals surface area contributed by atoms with Crippen LogP contribution < -0.4 is 9.64 Å². The summed E-state index contributed by atoms with van der Waals surface area (Å²) in [6, 6.07) is 19.2. The van der Waals surface area contributed by atoms with Crippen molar-refractivity contribution in [3.8, 4) is 17.0 Å². The minimum absolute atomic E-state index is 0.208. The smallest absolute Gasteiger partial charge is 0.339 e. The second kappa shape index (κ2) is 10.7. The molecule has 1 amide bonds. The summed E-state index contributed by atoms with van der Waals surface area (Å²) in [7, 11) is 1.64. The highest BCUT2D eigenvalue weighted by molar-refractivity contribution is 6.04. The van der Waals surface area contributed by atoms with Crippen LogP contribution in [0.5, 0.6) is 5.75 Å². The minimum Gasteiger partial charge on any atom is -0.497 e. The minimum atomic E-state index is -0.564. The van der Waals surface area contributed by atoms with Crippen LogP contribution in [0.15, 0.2) is 66.9 Å². The average Bonchev–Trinajstić information content (AvgIpc) is 3.39. The molecule has 3 heterocycles. The zero-order chi connectivity index (χ0) is 25.8. The first kappa shape index (κ1) is 24.3. The number of anilines is 1. The number of methoxy groups -OCH3 is 1. The van der Waals surface area contributed by atoms with Crippen LogP contribution in [0.2, 0.25) is 0 Å². The van der Waals surface area contributed by atoms with Crippen molar-refractivity contribution in [1.82, 2.24) is 19.7 Å². The first-order valence-electron chi connectivity index (χ1n) is 12.3. The third-order valence-electron chi connectivity index (χ3n) is 6.59. The van der Waals surface area contributed by atoms with E-state index >= 15 is 0 Å². The molecule has 1 aliphatic heterocycles. The van der Waals surface area contributed by atoms with E-state index < -0.39 is 5.97 Å². The summed E-state index contributed by atoms with van der Waals surface area (Å²) in [5.74, 6) is 0.0369. The molecule has 0 saturated carbocycles. The van der Waals surface area contributed by atoms with E-state index in [9.17, 15) is 9.59 Å². The van der Waals surface area contributed by atoms with Crippen LogP contribution in [0.25, 0.3) is 22.3 Å². The number of nitrogens with zero attached hydrogens (tertiary/aromatic N) is 5. The second-order valence-corrected chi connectivity index (χ2v) is 8.76. The van der Waals surface area contributed by atoms with Crippen molar-refractivity contribution in [3.05, 3.63) is 72.4 Å². The number of aromatic nitrogens is 3. The van der Waals surface area contributed by atoms with E-state index in [2.05, 4.69) is 10.00 Å². The van der Waals surface area contributed by atoms with Gasteiger partial charge in [-0.1, -0.05) is 30.3 Å². The summed E-state index contributed by atoms with van der Waals surface area (Å²) in [6.07, 6.45) is 1.62. The van der Waals surface area contributed by atoms with Crippen molar-refractivity contribution in [2.45, 2.75) is 13.5 Å². The van der Waals surface area contributed by atoms with E-state index in [-0.39, 0.29) is 12.5 Å². The Labute approximate surface area is 215 Å². The molecule has 9 heteroatoms. The zero-order valence-electron chi connectivity index (χ0n) is 21.0. The van der Waals surface area contributed by atoms with Crippen molar-refractivity contribution >= 4 is 28.6 Å². The van der Waals surface area contributed by atoms with Crippen LogP contribution in [-0.4, -0.2) is 71.4 Å². The predicted octanol–water partition coefficient (Wildman–Crippen LogP) is 3.63. The highest BCUT2D eigenvalue weighted by atomic mass is 16.5. The monoisotopic (exact) mass is 499 g/mol. The largest absolute Gasteiger partial charge is 0.497 e. The Bertz CT molecular complexity index is 1390. The number of carbonyl (C=O) groups is 2. The molecule has 190 valence electrons. The van der Waals surface area contributed by atoms with Gasteiger partial charge >= 0.3 is 5.97 Å². The quantitative estimate of drug-likeness (QED) is 0.359. The van der Waals surface area contributed by atoms with Gasteiger partial charge in [-0.25, -0.2) is 14.5 Å². The van der Waals surface area contributed by atoms with Gasteiger partial charge in [0.15, 0.2) is 12.3 Å². The number of fused-ring (bicyclic) bond motifs is 1. The van der Waals surface area contributed by atoms with Gasteiger partial charge in [-0.15, -0.1) is 0 Å². The Morgan fingerprint density at radius 2 is 1.70 bits per heavy atom. The van der Waals surface area contributed by atoms with Gasteiger partial charge in [-0.05, 0) is 37.3 Å². The van der Waals surface area contributed by atoms with Gasteiger partial charge in [-0.3, -0.25) is 4.79 Å². The zero-order valence-corrected chi connectivity index (χ0v) is 21.0. The van der Waals surface area contributed by atoms with Gasteiger partial charge in [0.2, 0.25) is 0 Å². The second-order valence-electron chi connectivity index (χ2n) is 8.76. The van der Waals surface area contributed by atoms with E-state index in [4.69, 9.17) is 14.5 Å². The Balaban J connectivity index is 1.25. The summed E-state index contributed by atoms with van der Waals surface area (Å²) in [5.41, 5.74) is 3.57. The number of hydrogen-bond donors (Lipinski definition) is 0. The Hall–Kier alpha value is -4.40. The lowest BCUT2D eigenvalue weighted by Crippen LogP contribution is -2.49. The number of hydrogen-bond acceptors (Lipinski definition) is 7. The molecule has 1 saturated heterocycles. The third-order valence-corrected chi connectivity index (χ3v) is 6.59. The molecule has 0 unspecified atom stereocenters. The number of piperazine rings is 1. The van der Waals surface area contributed by atoms with Crippen LogP contribution in [0.1, 0.15) is 17.3 Å². The topological polar surface area (TPSA) is 89.8 Å². The van der Waals surface area contributed by atoms with Gasteiger partial charge < -0.3 is 19.3 Å². The Morgan fingerprint density at radius 3 is 2.38 bits per heavy atom. The molecule has 0 N–H and O–H groups in total. The number of esters is 1. The number of amides is 1. The molecule has 0 spiro atoms. The van der Waals surface area contributed by atoms with Crippen LogP contribution in [0.4, 0.5) is 5.69 Å². The van der Waals surface area contributed by atoms with E-state index in [1.807, 2.05) is 61.5 Å². The van der Waals surface area contributed by atoms with Crippen molar-refractivity contribution in [2.75, 3.05) is 44.8 Å². The number of pyridine rings is 1. The summed E-state index contributed by atoms with van der Waals surface area (Å²) in [4.78, 5) is 34.7. The van der Waals surface area contributed by atoms with Crippen LogP contribution in [-0.2, 0) is 16.1 Å². The average molecular weight is 500 g/mol. The van der Waals surface area contributed by atoms with Crippen molar-refractivity contribution in [3.63, 3.8) is 0 Å². The number of rotatable bonds is 7. The molecule has 2 aromatic carbocycles. The van der Waals surface area contributed by atoms with Gasteiger partial charge in [0.25, 0.3) is 5.91 Å². The normalized spacial score (nSPS) is 13.6. The summed E-state index contributed by atoms with van der Waals surface area (Å²) in [5, 5.41) is 4.97. The number of carbonyl (C=O) groups excluding carboxylic acids is 2. The van der Waals surface area contributed by atoms with E-state index in [0.29, 0.717) is 55.0 Å². The molecular weight excluding hydrogens is 470 g/mol. The Kier molecular flexibility index (Phi) is 7.02. The Morgan fingerprint density at radius 1 is 0.973 bits per heavy atom. The maximum atomic E-state index is 13.1. The number of aryl methyl sites for hydroxylation is 1. The first-order valence-corrected chi connectivity index (χ1v) is 12.3. The fraction of sp³-hybridized carbons (Fsp3) is 0.286. The lowest BCUT2D eigenvalue weighted by Gasteiger charge is -2.36. The lowest BCUT2D eigenvalue weighted by atomic mass is 10.1. The standard InChI is InChI=1S/C28H29N5O4/c1-3-33-27-24(18-29-33)23(17-25(30-27)20-7-5-4-6-8-20)28(35)37-19-26(34)32-15-13-31(14-16-32)21-9-11-22(36-2)12-10-21/h4-12,17-18H,3,13-16,19H2,1-2H3. The van der Waals surface area contributed by atoms with E-state index in [1.54, 1.807) is 29.0 Å². The highest BCUT2D eigenvalue weighted by Crippen LogP contribution is 2.26. The van der Waals surface area contributed by atoms with Gasteiger partial charge in [-0.2, -0.15) is 5.10 Å². The van der Waals surface area contributed by atoms with E-state index in [0.717, 1.165) is 17.0 Å². The van der Waals surface area contributed by atoms with Crippen molar-refractivity contribution < 1.29 is 19.1 Å². The molecular formula is C28H29N5O4. The van der Waals surface area contributed by atoms with Crippen molar-refractivity contribution in [1.29, 1.82) is 0 Å². The molecule has 0 aliphatic carbocycles. The maximum absolute atomic E-state index is 13.1. The molecule has 37 heavy (non-hydrogen) atoms. The summed E-state index contributed by atoms with van der Waals surface area (Å²) >= 11 is 0. The molecule has 0 bridgehead atoms. The number of ether oxygens (including phenoxy) is 2. The van der Waals surface area contributed by atoms with Gasteiger partial charge in [0.1, 0.15) is 5.75 Å². The third kappa shape index (κ3) is 5.11. The SMILES string of the molecule is CCn1ncc2c(C(=O)OCC(=O)N3CCN(c4ccc(OC)cc4)CC3)cc(-c3ccccc3)nc21. The van der Waals surface area contributed by atoms with Crippen LogP contribution in [0.3, 0.4) is 0 Å². The molecule has 2 aromatic heterocycles. The van der Waals surface area contributed by atoms with Crippen LogP contribution >= 0.6 is 0 Å². The van der Waals surface area contributed by atoms with Crippen molar-refractivity contribution in [2.24, 2.45) is 0 Å². The molecule has 5 rings (SSSR count). The highest BCUT2D eigenvalue weighted by Gasteiger charge is 2.24. The molecule has 0 radical (unpaired) electrons. The summed E-state index contributed by atoms with van der Waals surface area (Å²) in [6.45, 7) is 4.79. The fourth-order valence-corrected chi connectivity index (χ4v) is 4.51. The molecule has 9 nitrogen and oxygen atoms in total. The fourth-order valence-electron chi connectivity index (χ4n) is 4.51. The molecule has 1 fully saturated rings. The van der Waals surface area contributed by atoms with E-state index in [1.165, 1.54) is 0 Å². The molecule has 4 aromatic rings. The first-order chi connectivity index (χ1) is 18.1. The molecule has 0 atom stereocenters. The lowest BCUT2D eigenvalue weighted by molar-refractivity contribution is -0.134.